The average molecular weight is 292 g/mol. The Morgan fingerprint density at radius 2 is 2.00 bits per heavy atom. The SMILES string of the molecule is COCc1cccc(Oc2ccc(Cl)cc2CCN)c1. The molecule has 2 aromatic carbocycles. The van der Waals surface area contributed by atoms with Crippen LogP contribution in [-0.4, -0.2) is 13.7 Å². The standard InChI is InChI=1S/C16H18ClNO2/c1-19-11-12-3-2-4-15(9-12)20-16-6-5-14(17)10-13(16)7-8-18/h2-6,9-10H,7-8,11,18H2,1H3. The zero-order valence-electron chi connectivity index (χ0n) is 11.4. The monoisotopic (exact) mass is 291 g/mol. The van der Waals surface area contributed by atoms with Gasteiger partial charge in [-0.3, -0.25) is 0 Å². The lowest BCUT2D eigenvalue weighted by Crippen LogP contribution is -2.04. The first-order chi connectivity index (χ1) is 9.72. The molecule has 106 valence electrons. The third kappa shape index (κ3) is 3.97. The minimum Gasteiger partial charge on any atom is -0.457 e. The minimum atomic E-state index is 0.556. The molecule has 4 heteroatoms. The Labute approximate surface area is 124 Å². The molecule has 0 unspecified atom stereocenters. The normalized spacial score (nSPS) is 10.6. The molecular weight excluding hydrogens is 274 g/mol. The summed E-state index contributed by atoms with van der Waals surface area (Å²) < 4.78 is 11.1. The number of hydrogen-bond donors (Lipinski definition) is 1. The van der Waals surface area contributed by atoms with E-state index in [4.69, 9.17) is 26.8 Å². The number of benzene rings is 2. The van der Waals surface area contributed by atoms with Crippen molar-refractivity contribution in [3.63, 3.8) is 0 Å². The second kappa shape index (κ2) is 7.29. The van der Waals surface area contributed by atoms with Crippen LogP contribution in [0.3, 0.4) is 0 Å². The molecule has 2 rings (SSSR count). The molecule has 0 atom stereocenters. The highest BCUT2D eigenvalue weighted by Gasteiger charge is 2.06. The summed E-state index contributed by atoms with van der Waals surface area (Å²) >= 11 is 6.01. The van der Waals surface area contributed by atoms with Gasteiger partial charge in [-0.25, -0.2) is 0 Å². The summed E-state index contributed by atoms with van der Waals surface area (Å²) in [7, 11) is 1.67. The number of methoxy groups -OCH3 is 1. The van der Waals surface area contributed by atoms with Crippen molar-refractivity contribution in [2.24, 2.45) is 5.73 Å². The molecule has 2 N–H and O–H groups in total. The molecule has 0 aliphatic rings. The lowest BCUT2D eigenvalue weighted by molar-refractivity contribution is 0.184. The van der Waals surface area contributed by atoms with Crippen molar-refractivity contribution in [1.82, 2.24) is 0 Å². The number of halogens is 1. The Kier molecular flexibility index (Phi) is 5.41. The highest BCUT2D eigenvalue weighted by molar-refractivity contribution is 6.30. The van der Waals surface area contributed by atoms with Crippen LogP contribution in [0.2, 0.25) is 5.02 Å². The van der Waals surface area contributed by atoms with Crippen LogP contribution in [0.5, 0.6) is 11.5 Å². The first kappa shape index (κ1) is 14.9. The molecule has 0 amide bonds. The quantitative estimate of drug-likeness (QED) is 0.881. The van der Waals surface area contributed by atoms with Gasteiger partial charge < -0.3 is 15.2 Å². The second-order valence-electron chi connectivity index (χ2n) is 4.47. The number of ether oxygens (including phenoxy) is 2. The highest BCUT2D eigenvalue weighted by Crippen LogP contribution is 2.28. The van der Waals surface area contributed by atoms with Crippen molar-refractivity contribution in [3.8, 4) is 11.5 Å². The Hall–Kier alpha value is -1.55. The van der Waals surface area contributed by atoms with Crippen molar-refractivity contribution in [2.75, 3.05) is 13.7 Å². The van der Waals surface area contributed by atoms with Gasteiger partial charge in [0.05, 0.1) is 6.61 Å². The van der Waals surface area contributed by atoms with Crippen molar-refractivity contribution < 1.29 is 9.47 Å². The molecule has 3 nitrogen and oxygen atoms in total. The fourth-order valence-electron chi connectivity index (χ4n) is 1.99. The summed E-state index contributed by atoms with van der Waals surface area (Å²) in [5.74, 6) is 1.56. The summed E-state index contributed by atoms with van der Waals surface area (Å²) in [4.78, 5) is 0. The zero-order chi connectivity index (χ0) is 14.4. The van der Waals surface area contributed by atoms with Gasteiger partial charge in [0.25, 0.3) is 0 Å². The van der Waals surface area contributed by atoms with E-state index in [2.05, 4.69) is 0 Å². The van der Waals surface area contributed by atoms with Crippen molar-refractivity contribution in [2.45, 2.75) is 13.0 Å². The van der Waals surface area contributed by atoms with Gasteiger partial charge in [0.15, 0.2) is 0 Å². The predicted octanol–water partition coefficient (Wildman–Crippen LogP) is 3.78. The van der Waals surface area contributed by atoms with Crippen LogP contribution in [-0.2, 0) is 17.8 Å². The maximum atomic E-state index is 6.01. The minimum absolute atomic E-state index is 0.556. The second-order valence-corrected chi connectivity index (χ2v) is 4.91. The third-order valence-electron chi connectivity index (χ3n) is 2.87. The molecule has 2 aromatic rings. The molecule has 0 aromatic heterocycles. The summed E-state index contributed by atoms with van der Waals surface area (Å²) in [5.41, 5.74) is 7.70. The Bertz CT molecular complexity index is 572. The first-order valence-corrected chi connectivity index (χ1v) is 6.85. The molecule has 0 radical (unpaired) electrons. The predicted molar refractivity (Wildman–Crippen MR) is 81.4 cm³/mol. The number of nitrogens with two attached hydrogens (primary N) is 1. The van der Waals surface area contributed by atoms with Gasteiger partial charge in [-0.1, -0.05) is 23.7 Å². The van der Waals surface area contributed by atoms with E-state index in [9.17, 15) is 0 Å². The fraction of sp³-hybridized carbons (Fsp3) is 0.250. The Morgan fingerprint density at radius 3 is 2.75 bits per heavy atom. The maximum absolute atomic E-state index is 6.01. The first-order valence-electron chi connectivity index (χ1n) is 6.47. The van der Waals surface area contributed by atoms with E-state index in [1.807, 2.05) is 42.5 Å². The zero-order valence-corrected chi connectivity index (χ0v) is 12.2. The molecule has 0 aliphatic carbocycles. The van der Waals surface area contributed by atoms with Crippen LogP contribution in [0.25, 0.3) is 0 Å². The summed E-state index contributed by atoms with van der Waals surface area (Å²) in [6, 6.07) is 13.4. The van der Waals surface area contributed by atoms with Crippen molar-refractivity contribution in [3.05, 3.63) is 58.6 Å². The lowest BCUT2D eigenvalue weighted by atomic mass is 10.1. The van der Waals surface area contributed by atoms with Gasteiger partial charge in [0.2, 0.25) is 0 Å². The van der Waals surface area contributed by atoms with E-state index in [-0.39, 0.29) is 0 Å². The summed E-state index contributed by atoms with van der Waals surface area (Å²) in [6.07, 6.45) is 0.730. The smallest absolute Gasteiger partial charge is 0.130 e. The van der Waals surface area contributed by atoms with E-state index in [1.165, 1.54) is 0 Å². The molecule has 0 aliphatic heterocycles. The molecule has 0 heterocycles. The topological polar surface area (TPSA) is 44.5 Å². The molecule has 0 saturated heterocycles. The highest BCUT2D eigenvalue weighted by atomic mass is 35.5. The van der Waals surface area contributed by atoms with Gasteiger partial charge in [-0.2, -0.15) is 0 Å². The van der Waals surface area contributed by atoms with Crippen molar-refractivity contribution in [1.29, 1.82) is 0 Å². The largest absolute Gasteiger partial charge is 0.457 e. The van der Waals surface area contributed by atoms with E-state index in [1.54, 1.807) is 7.11 Å². The third-order valence-corrected chi connectivity index (χ3v) is 3.11. The molecule has 0 fully saturated rings. The fourth-order valence-corrected chi connectivity index (χ4v) is 2.19. The van der Waals surface area contributed by atoms with Gasteiger partial charge in [-0.05, 0) is 54.4 Å². The van der Waals surface area contributed by atoms with Crippen LogP contribution < -0.4 is 10.5 Å². The summed E-state index contributed by atoms with van der Waals surface area (Å²) in [5, 5.41) is 0.689. The van der Waals surface area contributed by atoms with Gasteiger partial charge >= 0.3 is 0 Å². The number of rotatable bonds is 6. The summed E-state index contributed by atoms with van der Waals surface area (Å²) in [6.45, 7) is 1.12. The van der Waals surface area contributed by atoms with Gasteiger partial charge in [0.1, 0.15) is 11.5 Å². The Balaban J connectivity index is 2.22. The molecule has 20 heavy (non-hydrogen) atoms. The van der Waals surface area contributed by atoms with E-state index in [0.29, 0.717) is 18.2 Å². The van der Waals surface area contributed by atoms with E-state index < -0.39 is 0 Å². The van der Waals surface area contributed by atoms with Crippen LogP contribution in [0, 0.1) is 0 Å². The van der Waals surface area contributed by atoms with Crippen LogP contribution >= 0.6 is 11.6 Å². The van der Waals surface area contributed by atoms with Crippen LogP contribution in [0.4, 0.5) is 0 Å². The Morgan fingerprint density at radius 1 is 1.15 bits per heavy atom. The van der Waals surface area contributed by atoms with E-state index >= 15 is 0 Å². The van der Waals surface area contributed by atoms with Crippen LogP contribution in [0.1, 0.15) is 11.1 Å². The van der Waals surface area contributed by atoms with Gasteiger partial charge in [-0.15, -0.1) is 0 Å². The molecule has 0 bridgehead atoms. The maximum Gasteiger partial charge on any atom is 0.130 e. The molecule has 0 saturated carbocycles. The van der Waals surface area contributed by atoms with Crippen molar-refractivity contribution >= 4 is 11.6 Å². The number of hydrogen-bond acceptors (Lipinski definition) is 3. The average Bonchev–Trinajstić information content (AvgIpc) is 2.43. The lowest BCUT2D eigenvalue weighted by Gasteiger charge is -2.12. The molecule has 0 spiro atoms. The van der Waals surface area contributed by atoms with E-state index in [0.717, 1.165) is 29.0 Å². The van der Waals surface area contributed by atoms with Gasteiger partial charge in [0, 0.05) is 12.1 Å². The van der Waals surface area contributed by atoms with Crippen LogP contribution in [0.15, 0.2) is 42.5 Å². The molecular formula is C16H18ClNO2.